The summed E-state index contributed by atoms with van der Waals surface area (Å²) >= 11 is 7.97. The van der Waals surface area contributed by atoms with Gasteiger partial charge in [-0.3, -0.25) is 4.98 Å². The molecule has 2 nitrogen and oxygen atoms in total. The maximum Gasteiger partial charge on any atom is 0.101 e. The van der Waals surface area contributed by atoms with Gasteiger partial charge >= 0.3 is 0 Å². The number of pyridine rings is 1. The molecular formula is C7H4ClIN2. The molecule has 0 bridgehead atoms. The Bertz CT molecular complexity index is 396. The molecule has 0 atom stereocenters. The van der Waals surface area contributed by atoms with Crippen LogP contribution in [0.15, 0.2) is 18.5 Å². The molecule has 2 heterocycles. The number of aromatic nitrogens is 2. The van der Waals surface area contributed by atoms with Crippen molar-refractivity contribution in [3.05, 3.63) is 27.1 Å². The third-order valence-corrected chi connectivity index (χ3v) is 2.46. The molecule has 0 aromatic carbocycles. The van der Waals surface area contributed by atoms with Crippen LogP contribution in [0.4, 0.5) is 0 Å². The molecule has 0 aliphatic carbocycles. The highest BCUT2D eigenvalue weighted by Gasteiger charge is 2.00. The quantitative estimate of drug-likeness (QED) is 0.738. The number of hydrogen-bond acceptors (Lipinski definition) is 1. The Kier molecular flexibility index (Phi) is 1.77. The number of nitrogens with zero attached hydrogens (tertiary/aromatic N) is 1. The molecule has 56 valence electrons. The topological polar surface area (TPSA) is 28.7 Å². The van der Waals surface area contributed by atoms with E-state index in [-0.39, 0.29) is 0 Å². The van der Waals surface area contributed by atoms with Gasteiger partial charge < -0.3 is 4.98 Å². The van der Waals surface area contributed by atoms with Crippen molar-refractivity contribution in [2.75, 3.05) is 0 Å². The molecule has 0 saturated carbocycles. The number of nitrogens with one attached hydrogen (secondary N) is 1. The smallest absolute Gasteiger partial charge is 0.101 e. The van der Waals surface area contributed by atoms with Crippen molar-refractivity contribution < 1.29 is 0 Å². The maximum atomic E-state index is 5.74. The van der Waals surface area contributed by atoms with Crippen LogP contribution in [-0.2, 0) is 0 Å². The predicted molar refractivity (Wildman–Crippen MR) is 53.8 cm³/mol. The highest BCUT2D eigenvalue weighted by Crippen LogP contribution is 2.19. The number of hydrogen-bond donors (Lipinski definition) is 1. The number of rotatable bonds is 0. The van der Waals surface area contributed by atoms with Crippen LogP contribution in [0.3, 0.4) is 0 Å². The maximum absolute atomic E-state index is 5.74. The fourth-order valence-electron chi connectivity index (χ4n) is 0.949. The lowest BCUT2D eigenvalue weighted by Gasteiger charge is -1.89. The Morgan fingerprint density at radius 3 is 3.18 bits per heavy atom. The van der Waals surface area contributed by atoms with E-state index >= 15 is 0 Å². The second-order valence-corrected chi connectivity index (χ2v) is 3.78. The molecule has 2 rings (SSSR count). The van der Waals surface area contributed by atoms with Gasteiger partial charge in [0, 0.05) is 12.4 Å². The first kappa shape index (κ1) is 7.36. The molecular weight excluding hydrogens is 274 g/mol. The van der Waals surface area contributed by atoms with Crippen LogP contribution >= 0.6 is 34.2 Å². The first-order valence-corrected chi connectivity index (χ1v) is 4.51. The van der Waals surface area contributed by atoms with Crippen LogP contribution in [0.25, 0.3) is 11.0 Å². The SMILES string of the molecule is Clc1cnc2c(I)c[nH]c2c1. The van der Waals surface area contributed by atoms with Gasteiger partial charge in [0.05, 0.1) is 14.1 Å². The molecule has 0 saturated heterocycles. The standard InChI is InChI=1S/C7H4ClIN2/c8-4-1-6-7(11-2-4)5(9)3-10-6/h1-3,10H. The van der Waals surface area contributed by atoms with E-state index in [1.54, 1.807) is 6.20 Å². The number of halogens is 2. The molecule has 0 fully saturated rings. The van der Waals surface area contributed by atoms with Crippen LogP contribution in [-0.4, -0.2) is 9.97 Å². The molecule has 0 aliphatic rings. The van der Waals surface area contributed by atoms with Gasteiger partial charge in [-0.1, -0.05) is 11.6 Å². The summed E-state index contributed by atoms with van der Waals surface area (Å²) < 4.78 is 1.12. The summed E-state index contributed by atoms with van der Waals surface area (Å²) in [6.45, 7) is 0. The van der Waals surface area contributed by atoms with Crippen molar-refractivity contribution in [3.8, 4) is 0 Å². The van der Waals surface area contributed by atoms with Gasteiger partial charge in [0.2, 0.25) is 0 Å². The number of aromatic amines is 1. The van der Waals surface area contributed by atoms with Crippen molar-refractivity contribution in [1.29, 1.82) is 0 Å². The second-order valence-electron chi connectivity index (χ2n) is 2.19. The molecule has 0 unspecified atom stereocenters. The van der Waals surface area contributed by atoms with Gasteiger partial charge in [0.25, 0.3) is 0 Å². The monoisotopic (exact) mass is 278 g/mol. The minimum atomic E-state index is 0.663. The molecule has 0 aliphatic heterocycles. The van der Waals surface area contributed by atoms with Crippen LogP contribution in [0, 0.1) is 3.57 Å². The molecule has 2 aromatic heterocycles. The minimum absolute atomic E-state index is 0.663. The lowest BCUT2D eigenvalue weighted by molar-refractivity contribution is 1.40. The van der Waals surface area contributed by atoms with Crippen molar-refractivity contribution >= 4 is 45.2 Å². The lowest BCUT2D eigenvalue weighted by atomic mass is 10.4. The van der Waals surface area contributed by atoms with Crippen molar-refractivity contribution in [1.82, 2.24) is 9.97 Å². The lowest BCUT2D eigenvalue weighted by Crippen LogP contribution is -1.74. The summed E-state index contributed by atoms with van der Waals surface area (Å²) in [5.41, 5.74) is 1.97. The molecule has 0 spiro atoms. The third-order valence-electron chi connectivity index (χ3n) is 1.43. The number of H-pyrrole nitrogens is 1. The summed E-state index contributed by atoms with van der Waals surface area (Å²) in [5.74, 6) is 0. The van der Waals surface area contributed by atoms with Crippen molar-refractivity contribution in [2.24, 2.45) is 0 Å². The Morgan fingerprint density at radius 2 is 2.36 bits per heavy atom. The van der Waals surface area contributed by atoms with Gasteiger partial charge in [0.15, 0.2) is 0 Å². The molecule has 0 radical (unpaired) electrons. The van der Waals surface area contributed by atoms with Gasteiger partial charge in [-0.15, -0.1) is 0 Å². The summed E-state index contributed by atoms with van der Waals surface area (Å²) in [7, 11) is 0. The first-order valence-electron chi connectivity index (χ1n) is 3.05. The minimum Gasteiger partial charge on any atom is -0.359 e. The normalized spacial score (nSPS) is 10.7. The third kappa shape index (κ3) is 1.22. The second kappa shape index (κ2) is 2.64. The Morgan fingerprint density at radius 1 is 1.55 bits per heavy atom. The van der Waals surface area contributed by atoms with E-state index in [4.69, 9.17) is 11.6 Å². The Balaban J connectivity index is 2.86. The van der Waals surface area contributed by atoms with E-state index in [0.29, 0.717) is 5.02 Å². The van der Waals surface area contributed by atoms with Gasteiger partial charge in [0.1, 0.15) is 5.52 Å². The average molecular weight is 278 g/mol. The van der Waals surface area contributed by atoms with Gasteiger partial charge in [-0.2, -0.15) is 0 Å². The van der Waals surface area contributed by atoms with Crippen molar-refractivity contribution in [2.45, 2.75) is 0 Å². The van der Waals surface area contributed by atoms with E-state index in [1.807, 2.05) is 12.3 Å². The van der Waals surface area contributed by atoms with Gasteiger partial charge in [-0.25, -0.2) is 0 Å². The molecule has 11 heavy (non-hydrogen) atoms. The zero-order valence-electron chi connectivity index (χ0n) is 5.44. The van der Waals surface area contributed by atoms with E-state index in [0.717, 1.165) is 14.6 Å². The fourth-order valence-corrected chi connectivity index (χ4v) is 1.69. The van der Waals surface area contributed by atoms with E-state index in [1.165, 1.54) is 0 Å². The fraction of sp³-hybridized carbons (Fsp3) is 0. The van der Waals surface area contributed by atoms with E-state index in [9.17, 15) is 0 Å². The largest absolute Gasteiger partial charge is 0.359 e. The average Bonchev–Trinajstić information content (AvgIpc) is 2.32. The predicted octanol–water partition coefficient (Wildman–Crippen LogP) is 2.82. The molecule has 4 heteroatoms. The van der Waals surface area contributed by atoms with Crippen LogP contribution < -0.4 is 0 Å². The molecule has 1 N–H and O–H groups in total. The van der Waals surface area contributed by atoms with Gasteiger partial charge in [-0.05, 0) is 28.7 Å². The Hall–Kier alpha value is -0.290. The number of fused-ring (bicyclic) bond motifs is 1. The van der Waals surface area contributed by atoms with Crippen molar-refractivity contribution in [3.63, 3.8) is 0 Å². The summed E-state index contributed by atoms with van der Waals surface area (Å²) in [5, 5.41) is 0.663. The van der Waals surface area contributed by atoms with Crippen LogP contribution in [0.2, 0.25) is 5.02 Å². The Labute approximate surface area is 82.1 Å². The zero-order chi connectivity index (χ0) is 7.84. The van der Waals surface area contributed by atoms with Crippen LogP contribution in [0.5, 0.6) is 0 Å². The van der Waals surface area contributed by atoms with E-state index in [2.05, 4.69) is 32.6 Å². The highest BCUT2D eigenvalue weighted by atomic mass is 127. The summed E-state index contributed by atoms with van der Waals surface area (Å²) in [4.78, 5) is 7.24. The first-order chi connectivity index (χ1) is 5.27. The summed E-state index contributed by atoms with van der Waals surface area (Å²) in [6, 6.07) is 1.87. The highest BCUT2D eigenvalue weighted by molar-refractivity contribution is 14.1. The van der Waals surface area contributed by atoms with Crippen LogP contribution in [0.1, 0.15) is 0 Å². The zero-order valence-corrected chi connectivity index (χ0v) is 8.35. The molecule has 0 amide bonds. The molecule has 2 aromatic rings. The van der Waals surface area contributed by atoms with E-state index < -0.39 is 0 Å². The summed E-state index contributed by atoms with van der Waals surface area (Å²) in [6.07, 6.45) is 3.56.